The zero-order chi connectivity index (χ0) is 16.3. The number of unbranched alkanes of at least 4 members (excludes halogenated alkanes) is 4. The molecule has 2 heteroatoms. The molecule has 0 bridgehead atoms. The van der Waals surface area contributed by atoms with Crippen molar-refractivity contribution < 1.29 is 5.11 Å². The SMILES string of the molecule is CCCCCCCN[C@H](c1ccccc1)[C@H](O)c1ccccc1. The Morgan fingerprint density at radius 3 is 1.96 bits per heavy atom. The summed E-state index contributed by atoms with van der Waals surface area (Å²) in [5.41, 5.74) is 2.09. The maximum atomic E-state index is 10.8. The van der Waals surface area contributed by atoms with E-state index < -0.39 is 6.10 Å². The van der Waals surface area contributed by atoms with Gasteiger partial charge in [0.2, 0.25) is 0 Å². The molecule has 0 aliphatic heterocycles. The summed E-state index contributed by atoms with van der Waals surface area (Å²) in [4.78, 5) is 0. The van der Waals surface area contributed by atoms with Crippen LogP contribution in [-0.4, -0.2) is 11.7 Å². The number of hydrogen-bond donors (Lipinski definition) is 2. The highest BCUT2D eigenvalue weighted by Crippen LogP contribution is 2.28. The molecule has 0 fully saturated rings. The normalized spacial score (nSPS) is 13.7. The summed E-state index contributed by atoms with van der Waals surface area (Å²) in [6, 6.07) is 20.1. The van der Waals surface area contributed by atoms with Crippen molar-refractivity contribution in [1.82, 2.24) is 5.32 Å². The Morgan fingerprint density at radius 1 is 0.783 bits per heavy atom. The standard InChI is InChI=1S/C21H29NO/c1-2-3-4-5-12-17-22-20(18-13-8-6-9-14-18)21(23)19-15-10-7-11-16-19/h6-11,13-16,20-23H,2-5,12,17H2,1H3/t20-,21-/m1/s1. The molecular formula is C21H29NO. The van der Waals surface area contributed by atoms with E-state index in [4.69, 9.17) is 0 Å². The summed E-state index contributed by atoms with van der Waals surface area (Å²) in [6.07, 6.45) is 5.76. The summed E-state index contributed by atoms with van der Waals surface area (Å²) in [5.74, 6) is 0. The molecule has 0 aliphatic rings. The lowest BCUT2D eigenvalue weighted by molar-refractivity contribution is 0.128. The van der Waals surface area contributed by atoms with Crippen LogP contribution in [0.25, 0.3) is 0 Å². The first-order valence-corrected chi connectivity index (χ1v) is 8.84. The second-order valence-corrected chi connectivity index (χ2v) is 6.11. The molecule has 2 N–H and O–H groups in total. The van der Waals surface area contributed by atoms with E-state index in [1.54, 1.807) is 0 Å². The number of benzene rings is 2. The molecule has 0 saturated heterocycles. The number of nitrogens with one attached hydrogen (secondary N) is 1. The van der Waals surface area contributed by atoms with Gasteiger partial charge >= 0.3 is 0 Å². The molecule has 2 atom stereocenters. The van der Waals surface area contributed by atoms with Crippen LogP contribution < -0.4 is 5.32 Å². The monoisotopic (exact) mass is 311 g/mol. The van der Waals surface area contributed by atoms with E-state index in [1.165, 1.54) is 25.7 Å². The van der Waals surface area contributed by atoms with Crippen molar-refractivity contribution in [2.75, 3.05) is 6.54 Å². The van der Waals surface area contributed by atoms with Crippen LogP contribution in [0.5, 0.6) is 0 Å². The molecule has 0 amide bonds. The first-order chi connectivity index (χ1) is 11.3. The van der Waals surface area contributed by atoms with E-state index >= 15 is 0 Å². The third-order valence-corrected chi connectivity index (χ3v) is 4.26. The van der Waals surface area contributed by atoms with Crippen molar-refractivity contribution in [1.29, 1.82) is 0 Å². The molecule has 0 heterocycles. The molecule has 0 aromatic heterocycles. The van der Waals surface area contributed by atoms with Gasteiger partial charge in [0.05, 0.1) is 12.1 Å². The molecule has 0 unspecified atom stereocenters. The Labute approximate surface area is 140 Å². The van der Waals surface area contributed by atoms with Crippen LogP contribution in [0.15, 0.2) is 60.7 Å². The highest BCUT2D eigenvalue weighted by molar-refractivity contribution is 5.26. The van der Waals surface area contributed by atoms with Gasteiger partial charge in [0.1, 0.15) is 0 Å². The smallest absolute Gasteiger partial charge is 0.0984 e. The van der Waals surface area contributed by atoms with Crippen LogP contribution in [0.1, 0.15) is 62.3 Å². The predicted octanol–water partition coefficient (Wildman–Crippen LogP) is 5.02. The average molecular weight is 311 g/mol. The van der Waals surface area contributed by atoms with Gasteiger partial charge in [0, 0.05) is 0 Å². The van der Waals surface area contributed by atoms with Crippen LogP contribution in [0.4, 0.5) is 0 Å². The second kappa shape index (κ2) is 10.2. The molecule has 23 heavy (non-hydrogen) atoms. The number of rotatable bonds is 10. The molecule has 2 rings (SSSR count). The Bertz CT molecular complexity index is 526. The first-order valence-electron chi connectivity index (χ1n) is 8.84. The van der Waals surface area contributed by atoms with Gasteiger partial charge in [-0.3, -0.25) is 0 Å². The third kappa shape index (κ3) is 5.81. The van der Waals surface area contributed by atoms with Gasteiger partial charge in [-0.25, -0.2) is 0 Å². The van der Waals surface area contributed by atoms with Gasteiger partial charge in [0.25, 0.3) is 0 Å². The van der Waals surface area contributed by atoms with E-state index in [-0.39, 0.29) is 6.04 Å². The molecule has 0 spiro atoms. The zero-order valence-corrected chi connectivity index (χ0v) is 14.1. The van der Waals surface area contributed by atoms with Gasteiger partial charge in [0.15, 0.2) is 0 Å². The highest BCUT2D eigenvalue weighted by atomic mass is 16.3. The van der Waals surface area contributed by atoms with Crippen LogP contribution >= 0.6 is 0 Å². The largest absolute Gasteiger partial charge is 0.386 e. The van der Waals surface area contributed by atoms with Crippen LogP contribution in [0.2, 0.25) is 0 Å². The number of hydrogen-bond acceptors (Lipinski definition) is 2. The minimum atomic E-state index is -0.533. The number of aliphatic hydroxyl groups excluding tert-OH is 1. The molecule has 2 nitrogen and oxygen atoms in total. The summed E-state index contributed by atoms with van der Waals surface area (Å²) < 4.78 is 0. The van der Waals surface area contributed by atoms with Crippen molar-refractivity contribution >= 4 is 0 Å². The number of aliphatic hydroxyl groups is 1. The maximum absolute atomic E-state index is 10.8. The van der Waals surface area contributed by atoms with Crippen LogP contribution in [-0.2, 0) is 0 Å². The van der Waals surface area contributed by atoms with Crippen molar-refractivity contribution in [3.8, 4) is 0 Å². The fraction of sp³-hybridized carbons (Fsp3) is 0.429. The predicted molar refractivity (Wildman–Crippen MR) is 97.3 cm³/mol. The Balaban J connectivity index is 1.98. The molecule has 0 saturated carbocycles. The molecule has 2 aromatic rings. The van der Waals surface area contributed by atoms with Gasteiger partial charge in [-0.1, -0.05) is 93.3 Å². The van der Waals surface area contributed by atoms with E-state index in [1.807, 2.05) is 48.5 Å². The van der Waals surface area contributed by atoms with Gasteiger partial charge in [-0.2, -0.15) is 0 Å². The zero-order valence-electron chi connectivity index (χ0n) is 14.1. The minimum absolute atomic E-state index is 0.0650. The van der Waals surface area contributed by atoms with Crippen molar-refractivity contribution in [2.45, 2.75) is 51.2 Å². The molecule has 124 valence electrons. The molecule has 0 aliphatic carbocycles. The maximum Gasteiger partial charge on any atom is 0.0984 e. The second-order valence-electron chi connectivity index (χ2n) is 6.11. The quantitative estimate of drug-likeness (QED) is 0.604. The fourth-order valence-corrected chi connectivity index (χ4v) is 2.90. The van der Waals surface area contributed by atoms with E-state index in [9.17, 15) is 5.11 Å². The Hall–Kier alpha value is -1.64. The van der Waals surface area contributed by atoms with Gasteiger partial charge in [-0.05, 0) is 24.1 Å². The Kier molecular flexibility index (Phi) is 7.85. The summed E-state index contributed by atoms with van der Waals surface area (Å²) >= 11 is 0. The summed E-state index contributed by atoms with van der Waals surface area (Å²) in [5, 5.41) is 14.4. The molecule has 2 aromatic carbocycles. The topological polar surface area (TPSA) is 32.3 Å². The summed E-state index contributed by atoms with van der Waals surface area (Å²) in [6.45, 7) is 3.17. The van der Waals surface area contributed by atoms with E-state index in [0.29, 0.717) is 0 Å². The minimum Gasteiger partial charge on any atom is -0.386 e. The van der Waals surface area contributed by atoms with Crippen molar-refractivity contribution in [3.05, 3.63) is 71.8 Å². The third-order valence-electron chi connectivity index (χ3n) is 4.26. The van der Waals surface area contributed by atoms with Gasteiger partial charge in [-0.15, -0.1) is 0 Å². The summed E-state index contributed by atoms with van der Waals surface area (Å²) in [7, 11) is 0. The van der Waals surface area contributed by atoms with E-state index in [2.05, 4.69) is 24.4 Å². The Morgan fingerprint density at radius 2 is 1.35 bits per heavy atom. The van der Waals surface area contributed by atoms with Crippen LogP contribution in [0.3, 0.4) is 0 Å². The molecule has 0 radical (unpaired) electrons. The lowest BCUT2D eigenvalue weighted by Crippen LogP contribution is -2.28. The van der Waals surface area contributed by atoms with Crippen molar-refractivity contribution in [2.24, 2.45) is 0 Å². The molecular weight excluding hydrogens is 282 g/mol. The fourth-order valence-electron chi connectivity index (χ4n) is 2.90. The average Bonchev–Trinajstić information content (AvgIpc) is 2.62. The van der Waals surface area contributed by atoms with Crippen molar-refractivity contribution in [3.63, 3.8) is 0 Å². The highest BCUT2D eigenvalue weighted by Gasteiger charge is 2.21. The van der Waals surface area contributed by atoms with Crippen LogP contribution in [0, 0.1) is 0 Å². The first kappa shape index (κ1) is 17.7. The van der Waals surface area contributed by atoms with E-state index in [0.717, 1.165) is 24.1 Å². The lowest BCUT2D eigenvalue weighted by atomic mass is 9.95. The lowest BCUT2D eigenvalue weighted by Gasteiger charge is -2.25. The van der Waals surface area contributed by atoms with Gasteiger partial charge < -0.3 is 10.4 Å².